The molecule has 0 saturated heterocycles. The summed E-state index contributed by atoms with van der Waals surface area (Å²) in [5.74, 6) is -9.31. The first-order valence-corrected chi connectivity index (χ1v) is 5.07. The molecule has 1 N–H and O–H groups in total. The van der Waals surface area contributed by atoms with Crippen LogP contribution in [0, 0.1) is 35.0 Å². The topological polar surface area (TPSA) is 12.0 Å². The average molecular weight is 253 g/mol. The molecule has 0 radical (unpaired) electrons. The van der Waals surface area contributed by atoms with Crippen molar-refractivity contribution in [2.75, 3.05) is 6.54 Å². The maximum absolute atomic E-state index is 13.2. The Kier molecular flexibility index (Phi) is 4.45. The number of hydrogen-bond donors (Lipinski definition) is 1. The number of hydrogen-bond acceptors (Lipinski definition) is 1. The van der Waals surface area contributed by atoms with E-state index < -0.39 is 41.2 Å². The summed E-state index contributed by atoms with van der Waals surface area (Å²) in [7, 11) is 0. The molecule has 0 aliphatic rings. The molecule has 1 aromatic rings. The predicted molar refractivity (Wildman–Crippen MR) is 52.8 cm³/mol. The molecule has 0 spiro atoms. The third-order valence-electron chi connectivity index (χ3n) is 2.16. The first kappa shape index (κ1) is 13.9. The van der Waals surface area contributed by atoms with Gasteiger partial charge in [0.1, 0.15) is 0 Å². The highest BCUT2D eigenvalue weighted by Crippen LogP contribution is 2.22. The Bertz CT molecular complexity index is 388. The van der Waals surface area contributed by atoms with E-state index in [2.05, 4.69) is 5.32 Å². The summed E-state index contributed by atoms with van der Waals surface area (Å²) in [6, 6.07) is 0. The van der Waals surface area contributed by atoms with Gasteiger partial charge in [0.05, 0.1) is 0 Å². The molecule has 0 heterocycles. The second kappa shape index (κ2) is 5.44. The van der Waals surface area contributed by atoms with Gasteiger partial charge >= 0.3 is 0 Å². The Hall–Kier alpha value is -1.17. The van der Waals surface area contributed by atoms with Crippen LogP contribution in [0.2, 0.25) is 0 Å². The summed E-state index contributed by atoms with van der Waals surface area (Å²) >= 11 is 0. The van der Waals surface area contributed by atoms with Crippen LogP contribution >= 0.6 is 0 Å². The highest BCUT2D eigenvalue weighted by atomic mass is 19.2. The minimum Gasteiger partial charge on any atom is -0.312 e. The van der Waals surface area contributed by atoms with Gasteiger partial charge in [-0.25, -0.2) is 22.0 Å². The molecule has 6 heteroatoms. The first-order valence-electron chi connectivity index (χ1n) is 5.07. The van der Waals surface area contributed by atoms with Gasteiger partial charge in [-0.1, -0.05) is 13.8 Å². The highest BCUT2D eigenvalue weighted by molar-refractivity contribution is 5.23. The molecule has 0 fully saturated rings. The SMILES string of the molecule is CC(C)CNCc1c(F)c(F)c(F)c(F)c1F. The minimum absolute atomic E-state index is 0.205. The quantitative estimate of drug-likeness (QED) is 0.494. The summed E-state index contributed by atoms with van der Waals surface area (Å²) < 4.78 is 64.6. The molecule has 0 aromatic heterocycles. The summed E-state index contributed by atoms with van der Waals surface area (Å²) in [6.07, 6.45) is 0. The van der Waals surface area contributed by atoms with Crippen molar-refractivity contribution < 1.29 is 22.0 Å². The monoisotopic (exact) mass is 253 g/mol. The zero-order valence-corrected chi connectivity index (χ0v) is 9.38. The molecule has 17 heavy (non-hydrogen) atoms. The molecule has 0 aliphatic carbocycles. The van der Waals surface area contributed by atoms with Gasteiger partial charge < -0.3 is 5.32 Å². The van der Waals surface area contributed by atoms with Gasteiger partial charge in [0, 0.05) is 12.1 Å². The number of nitrogens with one attached hydrogen (secondary N) is 1. The van der Waals surface area contributed by atoms with Crippen LogP contribution in [0.3, 0.4) is 0 Å². The maximum atomic E-state index is 13.2. The van der Waals surface area contributed by atoms with Gasteiger partial charge in [-0.15, -0.1) is 0 Å². The van der Waals surface area contributed by atoms with E-state index in [0.29, 0.717) is 6.54 Å². The van der Waals surface area contributed by atoms with Crippen LogP contribution in [0.25, 0.3) is 0 Å². The maximum Gasteiger partial charge on any atom is 0.200 e. The lowest BCUT2D eigenvalue weighted by atomic mass is 10.1. The third-order valence-corrected chi connectivity index (χ3v) is 2.16. The molecule has 1 nitrogen and oxygen atoms in total. The number of benzene rings is 1. The second-order valence-corrected chi connectivity index (χ2v) is 4.07. The van der Waals surface area contributed by atoms with Crippen LogP contribution in [0.5, 0.6) is 0 Å². The fourth-order valence-corrected chi connectivity index (χ4v) is 1.29. The van der Waals surface area contributed by atoms with Crippen molar-refractivity contribution in [3.63, 3.8) is 0 Å². The van der Waals surface area contributed by atoms with Crippen LogP contribution in [0.1, 0.15) is 19.4 Å². The largest absolute Gasteiger partial charge is 0.312 e. The van der Waals surface area contributed by atoms with Gasteiger partial charge in [-0.05, 0) is 12.5 Å². The van der Waals surface area contributed by atoms with E-state index in [1.165, 1.54) is 0 Å². The average Bonchev–Trinajstić information content (AvgIpc) is 2.28. The van der Waals surface area contributed by atoms with Crippen LogP contribution < -0.4 is 5.32 Å². The zero-order valence-electron chi connectivity index (χ0n) is 9.38. The smallest absolute Gasteiger partial charge is 0.200 e. The van der Waals surface area contributed by atoms with Crippen LogP contribution in [-0.2, 0) is 6.54 Å². The van der Waals surface area contributed by atoms with E-state index in [4.69, 9.17) is 0 Å². The van der Waals surface area contributed by atoms with E-state index in [9.17, 15) is 22.0 Å². The molecule has 0 bridgehead atoms. The van der Waals surface area contributed by atoms with Gasteiger partial charge in [0.2, 0.25) is 5.82 Å². The Morgan fingerprint density at radius 3 is 1.65 bits per heavy atom. The van der Waals surface area contributed by atoms with E-state index in [-0.39, 0.29) is 5.92 Å². The second-order valence-electron chi connectivity index (χ2n) is 4.07. The van der Waals surface area contributed by atoms with E-state index in [1.54, 1.807) is 0 Å². The molecule has 0 aliphatic heterocycles. The Morgan fingerprint density at radius 1 is 0.824 bits per heavy atom. The molecule has 1 rings (SSSR count). The summed E-state index contributed by atoms with van der Waals surface area (Å²) in [6.45, 7) is 3.72. The fraction of sp³-hybridized carbons (Fsp3) is 0.455. The summed E-state index contributed by atoms with van der Waals surface area (Å²) in [5, 5.41) is 2.62. The lowest BCUT2D eigenvalue weighted by Crippen LogP contribution is -2.21. The van der Waals surface area contributed by atoms with Crippen LogP contribution in [0.15, 0.2) is 0 Å². The van der Waals surface area contributed by atoms with E-state index in [1.807, 2.05) is 13.8 Å². The molecular weight excluding hydrogens is 241 g/mol. The molecule has 0 unspecified atom stereocenters. The highest BCUT2D eigenvalue weighted by Gasteiger charge is 2.25. The van der Waals surface area contributed by atoms with E-state index >= 15 is 0 Å². The number of rotatable bonds is 4. The van der Waals surface area contributed by atoms with Crippen molar-refractivity contribution in [1.29, 1.82) is 0 Å². The van der Waals surface area contributed by atoms with Gasteiger partial charge in [-0.3, -0.25) is 0 Å². The molecule has 0 atom stereocenters. The molecule has 96 valence electrons. The third kappa shape index (κ3) is 2.94. The lowest BCUT2D eigenvalue weighted by Gasteiger charge is -2.10. The minimum atomic E-state index is -2.13. The normalized spacial score (nSPS) is 11.3. The standard InChI is InChI=1S/C11H12F5N/c1-5(2)3-17-4-6-7(12)9(14)11(16)10(15)8(6)13/h5,17H,3-4H2,1-2H3. The van der Waals surface area contributed by atoms with Crippen molar-refractivity contribution in [3.05, 3.63) is 34.6 Å². The first-order chi connectivity index (χ1) is 7.86. The summed E-state index contributed by atoms with van der Waals surface area (Å²) in [5.41, 5.74) is -0.831. The van der Waals surface area contributed by atoms with Crippen molar-refractivity contribution >= 4 is 0 Å². The fourth-order valence-electron chi connectivity index (χ4n) is 1.29. The van der Waals surface area contributed by atoms with Crippen LogP contribution in [0.4, 0.5) is 22.0 Å². The van der Waals surface area contributed by atoms with E-state index in [0.717, 1.165) is 0 Å². The summed E-state index contributed by atoms with van der Waals surface area (Å²) in [4.78, 5) is 0. The van der Waals surface area contributed by atoms with Crippen molar-refractivity contribution in [1.82, 2.24) is 5.32 Å². The van der Waals surface area contributed by atoms with Crippen molar-refractivity contribution in [2.45, 2.75) is 20.4 Å². The Balaban J connectivity index is 2.99. The Morgan fingerprint density at radius 2 is 1.24 bits per heavy atom. The van der Waals surface area contributed by atoms with Crippen LogP contribution in [-0.4, -0.2) is 6.54 Å². The number of halogens is 5. The molecule has 0 saturated carbocycles. The van der Waals surface area contributed by atoms with Gasteiger partial charge in [0.25, 0.3) is 0 Å². The lowest BCUT2D eigenvalue weighted by molar-refractivity contribution is 0.366. The van der Waals surface area contributed by atoms with Crippen molar-refractivity contribution in [3.8, 4) is 0 Å². The van der Waals surface area contributed by atoms with Gasteiger partial charge in [-0.2, -0.15) is 0 Å². The van der Waals surface area contributed by atoms with Crippen molar-refractivity contribution in [2.24, 2.45) is 5.92 Å². The Labute approximate surface area is 95.6 Å². The molecular formula is C11H12F5N. The zero-order chi connectivity index (χ0) is 13.2. The molecule has 1 aromatic carbocycles. The van der Waals surface area contributed by atoms with Gasteiger partial charge in [0.15, 0.2) is 23.3 Å². The predicted octanol–water partition coefficient (Wildman–Crippen LogP) is 3.13. The molecule has 0 amide bonds.